The highest BCUT2D eigenvalue weighted by Gasteiger charge is 2.12. The first-order valence-corrected chi connectivity index (χ1v) is 8.79. The number of nitro groups is 1. The number of carbonyl (C=O) groups is 1. The highest BCUT2D eigenvalue weighted by Crippen LogP contribution is 2.27. The molecule has 3 aromatic rings. The molecule has 1 amide bonds. The van der Waals surface area contributed by atoms with E-state index in [0.717, 1.165) is 0 Å². The minimum absolute atomic E-state index is 0.0305. The molecule has 1 aromatic heterocycles. The SMILES string of the molecule is O=C(NC(=S)Nc1nc(-c2cccc([N+](=O)[O-])c2)cs1)c1ccc(F)cc1. The number of aromatic nitrogens is 1. The normalized spacial score (nSPS) is 10.3. The van der Waals surface area contributed by atoms with Crippen LogP contribution >= 0.6 is 23.6 Å². The topological polar surface area (TPSA) is 97.2 Å². The fourth-order valence-corrected chi connectivity index (χ4v) is 3.13. The van der Waals surface area contributed by atoms with E-state index in [1.54, 1.807) is 17.5 Å². The average molecular weight is 402 g/mol. The number of thiocarbonyl (C=S) groups is 1. The number of anilines is 1. The van der Waals surface area contributed by atoms with Crippen molar-refractivity contribution in [1.82, 2.24) is 10.3 Å². The third-order valence-corrected chi connectivity index (χ3v) is 4.37. The number of nitrogens with one attached hydrogen (secondary N) is 2. The van der Waals surface area contributed by atoms with Gasteiger partial charge < -0.3 is 5.32 Å². The number of halogens is 1. The van der Waals surface area contributed by atoms with Crippen molar-refractivity contribution < 1.29 is 14.1 Å². The van der Waals surface area contributed by atoms with E-state index in [1.807, 2.05) is 0 Å². The van der Waals surface area contributed by atoms with Gasteiger partial charge in [0.05, 0.1) is 10.6 Å². The Morgan fingerprint density at radius 2 is 1.96 bits per heavy atom. The summed E-state index contributed by atoms with van der Waals surface area (Å²) in [5, 5.41) is 18.3. The third-order valence-electron chi connectivity index (χ3n) is 3.41. The van der Waals surface area contributed by atoms with Crippen LogP contribution in [-0.2, 0) is 0 Å². The average Bonchev–Trinajstić information content (AvgIpc) is 3.10. The molecule has 0 bridgehead atoms. The molecule has 2 N–H and O–H groups in total. The molecule has 0 saturated heterocycles. The van der Waals surface area contributed by atoms with Gasteiger partial charge in [-0.15, -0.1) is 11.3 Å². The van der Waals surface area contributed by atoms with Crippen LogP contribution in [0.2, 0.25) is 0 Å². The van der Waals surface area contributed by atoms with Gasteiger partial charge in [0, 0.05) is 28.6 Å². The maximum atomic E-state index is 12.9. The summed E-state index contributed by atoms with van der Waals surface area (Å²) in [7, 11) is 0. The molecular formula is C17H11FN4O3S2. The van der Waals surface area contributed by atoms with Crippen molar-refractivity contribution in [1.29, 1.82) is 0 Å². The number of amides is 1. The molecule has 2 aromatic carbocycles. The standard InChI is InChI=1S/C17H11FN4O3S2/c18-12-6-4-10(5-7-12)15(23)20-16(26)21-17-19-14(9-27-17)11-2-1-3-13(8-11)22(24)25/h1-9H,(H2,19,20,21,23,26). The van der Waals surface area contributed by atoms with Crippen LogP contribution in [0.4, 0.5) is 15.2 Å². The Labute approximate surface area is 162 Å². The summed E-state index contributed by atoms with van der Waals surface area (Å²) in [6, 6.07) is 11.2. The van der Waals surface area contributed by atoms with Crippen molar-refractivity contribution in [2.75, 3.05) is 5.32 Å². The Kier molecular flexibility index (Phi) is 5.48. The molecule has 0 aliphatic carbocycles. The van der Waals surface area contributed by atoms with Crippen LogP contribution in [0.15, 0.2) is 53.9 Å². The van der Waals surface area contributed by atoms with Gasteiger partial charge >= 0.3 is 0 Å². The Morgan fingerprint density at radius 3 is 2.67 bits per heavy atom. The third kappa shape index (κ3) is 4.68. The van der Waals surface area contributed by atoms with Gasteiger partial charge in [0.2, 0.25) is 0 Å². The van der Waals surface area contributed by atoms with E-state index < -0.39 is 16.6 Å². The van der Waals surface area contributed by atoms with E-state index in [-0.39, 0.29) is 16.4 Å². The van der Waals surface area contributed by atoms with Gasteiger partial charge in [-0.05, 0) is 36.5 Å². The Morgan fingerprint density at radius 1 is 1.22 bits per heavy atom. The van der Waals surface area contributed by atoms with Gasteiger partial charge in [-0.2, -0.15) is 0 Å². The second-order valence-electron chi connectivity index (χ2n) is 5.26. The summed E-state index contributed by atoms with van der Waals surface area (Å²) < 4.78 is 12.9. The van der Waals surface area contributed by atoms with Crippen molar-refractivity contribution in [3.63, 3.8) is 0 Å². The molecule has 10 heteroatoms. The summed E-state index contributed by atoms with van der Waals surface area (Å²) in [5.74, 6) is -0.924. The fourth-order valence-electron chi connectivity index (χ4n) is 2.15. The number of hydrogen-bond donors (Lipinski definition) is 2. The quantitative estimate of drug-likeness (QED) is 0.389. The number of benzene rings is 2. The van der Waals surface area contributed by atoms with Crippen LogP contribution in [0.25, 0.3) is 11.3 Å². The van der Waals surface area contributed by atoms with E-state index in [9.17, 15) is 19.3 Å². The molecular weight excluding hydrogens is 391 g/mol. The Hall–Kier alpha value is -3.24. The first kappa shape index (κ1) is 18.5. The molecule has 0 fully saturated rings. The zero-order valence-electron chi connectivity index (χ0n) is 13.5. The Balaban J connectivity index is 1.66. The van der Waals surface area contributed by atoms with Gasteiger partial charge in [0.15, 0.2) is 10.2 Å². The monoisotopic (exact) mass is 402 g/mol. The minimum Gasteiger partial charge on any atom is -0.308 e. The fraction of sp³-hybridized carbons (Fsp3) is 0. The van der Waals surface area contributed by atoms with Crippen molar-refractivity contribution in [3.8, 4) is 11.3 Å². The predicted molar refractivity (Wildman–Crippen MR) is 104 cm³/mol. The zero-order chi connectivity index (χ0) is 19.4. The lowest BCUT2D eigenvalue weighted by molar-refractivity contribution is -0.384. The van der Waals surface area contributed by atoms with Crippen LogP contribution in [-0.4, -0.2) is 20.9 Å². The maximum Gasteiger partial charge on any atom is 0.270 e. The Bertz CT molecular complexity index is 1020. The van der Waals surface area contributed by atoms with Crippen molar-refractivity contribution in [2.45, 2.75) is 0 Å². The number of non-ortho nitro benzene ring substituents is 1. The number of nitro benzene ring substituents is 1. The largest absolute Gasteiger partial charge is 0.308 e. The number of thiazole rings is 1. The molecule has 0 radical (unpaired) electrons. The molecule has 27 heavy (non-hydrogen) atoms. The van der Waals surface area contributed by atoms with E-state index in [1.165, 1.54) is 47.7 Å². The molecule has 7 nitrogen and oxygen atoms in total. The maximum absolute atomic E-state index is 12.9. The number of hydrogen-bond acceptors (Lipinski definition) is 6. The number of carbonyl (C=O) groups excluding carboxylic acids is 1. The molecule has 0 aliphatic rings. The lowest BCUT2D eigenvalue weighted by Crippen LogP contribution is -2.34. The van der Waals surface area contributed by atoms with E-state index >= 15 is 0 Å². The van der Waals surface area contributed by atoms with Gasteiger partial charge in [0.25, 0.3) is 11.6 Å². The second kappa shape index (κ2) is 7.98. The van der Waals surface area contributed by atoms with Crippen molar-refractivity contribution in [2.24, 2.45) is 0 Å². The minimum atomic E-state index is -0.483. The van der Waals surface area contributed by atoms with Crippen molar-refractivity contribution in [3.05, 3.63) is 75.4 Å². The summed E-state index contributed by atoms with van der Waals surface area (Å²) >= 11 is 6.31. The van der Waals surface area contributed by atoms with E-state index in [4.69, 9.17) is 12.2 Å². The van der Waals surface area contributed by atoms with Gasteiger partial charge in [-0.3, -0.25) is 20.2 Å². The van der Waals surface area contributed by atoms with Gasteiger partial charge in [-0.1, -0.05) is 12.1 Å². The van der Waals surface area contributed by atoms with Crippen LogP contribution in [0.5, 0.6) is 0 Å². The summed E-state index contributed by atoms with van der Waals surface area (Å²) in [6.45, 7) is 0. The summed E-state index contributed by atoms with van der Waals surface area (Å²) in [6.07, 6.45) is 0. The molecule has 1 heterocycles. The smallest absolute Gasteiger partial charge is 0.270 e. The van der Waals surface area contributed by atoms with E-state index in [2.05, 4.69) is 15.6 Å². The second-order valence-corrected chi connectivity index (χ2v) is 6.53. The molecule has 0 spiro atoms. The van der Waals surface area contributed by atoms with Crippen molar-refractivity contribution >= 4 is 45.4 Å². The molecule has 0 unspecified atom stereocenters. The summed E-state index contributed by atoms with van der Waals surface area (Å²) in [5.41, 5.74) is 1.36. The first-order chi connectivity index (χ1) is 12.9. The summed E-state index contributed by atoms with van der Waals surface area (Å²) in [4.78, 5) is 26.7. The first-order valence-electron chi connectivity index (χ1n) is 7.50. The molecule has 0 atom stereocenters. The van der Waals surface area contributed by atoms with E-state index in [0.29, 0.717) is 16.4 Å². The zero-order valence-corrected chi connectivity index (χ0v) is 15.1. The molecule has 0 aliphatic heterocycles. The molecule has 136 valence electrons. The van der Waals surface area contributed by atoms with Crippen LogP contribution in [0.3, 0.4) is 0 Å². The lowest BCUT2D eigenvalue weighted by Gasteiger charge is -2.07. The lowest BCUT2D eigenvalue weighted by atomic mass is 10.1. The van der Waals surface area contributed by atoms with Gasteiger partial charge in [-0.25, -0.2) is 9.37 Å². The van der Waals surface area contributed by atoms with Crippen LogP contribution in [0, 0.1) is 15.9 Å². The highest BCUT2D eigenvalue weighted by molar-refractivity contribution is 7.80. The highest BCUT2D eigenvalue weighted by atomic mass is 32.1. The van der Waals surface area contributed by atoms with Crippen LogP contribution in [0.1, 0.15) is 10.4 Å². The molecule has 0 saturated carbocycles. The van der Waals surface area contributed by atoms with Gasteiger partial charge in [0.1, 0.15) is 5.82 Å². The van der Waals surface area contributed by atoms with Crippen LogP contribution < -0.4 is 10.6 Å². The molecule has 3 rings (SSSR count). The number of rotatable bonds is 4. The predicted octanol–water partition coefficient (Wildman–Crippen LogP) is 3.98. The number of nitrogens with zero attached hydrogens (tertiary/aromatic N) is 2.